The summed E-state index contributed by atoms with van der Waals surface area (Å²) in [6, 6.07) is 14.5. The monoisotopic (exact) mass is 394 g/mol. The van der Waals surface area contributed by atoms with E-state index >= 15 is 0 Å². The average molecular weight is 395 g/mol. The van der Waals surface area contributed by atoms with E-state index in [1.807, 2.05) is 39.0 Å². The van der Waals surface area contributed by atoms with Crippen molar-refractivity contribution >= 4 is 5.91 Å². The lowest BCUT2D eigenvalue weighted by Crippen LogP contribution is -2.38. The number of amides is 1. The lowest BCUT2D eigenvalue weighted by Gasteiger charge is -2.27. The van der Waals surface area contributed by atoms with Crippen molar-refractivity contribution in [3.05, 3.63) is 64.7 Å². The summed E-state index contributed by atoms with van der Waals surface area (Å²) in [7, 11) is 0. The van der Waals surface area contributed by atoms with Crippen molar-refractivity contribution in [3.8, 4) is 5.75 Å². The van der Waals surface area contributed by atoms with Crippen LogP contribution < -0.4 is 10.1 Å². The minimum atomic E-state index is -0.482. The van der Waals surface area contributed by atoms with Crippen molar-refractivity contribution < 1.29 is 9.53 Å². The summed E-state index contributed by atoms with van der Waals surface area (Å²) in [4.78, 5) is 15.3. The molecule has 1 fully saturated rings. The van der Waals surface area contributed by atoms with E-state index in [0.717, 1.165) is 23.4 Å². The average Bonchev–Trinajstić information content (AvgIpc) is 2.74. The summed E-state index contributed by atoms with van der Waals surface area (Å²) in [5.41, 5.74) is 4.67. The number of ether oxygens (including phenoxy) is 1. The van der Waals surface area contributed by atoms with E-state index in [0.29, 0.717) is 13.0 Å². The lowest BCUT2D eigenvalue weighted by molar-refractivity contribution is -0.128. The molecule has 2 aromatic carbocycles. The molecule has 0 saturated carbocycles. The van der Waals surface area contributed by atoms with Gasteiger partial charge in [0.2, 0.25) is 0 Å². The van der Waals surface area contributed by atoms with Crippen molar-refractivity contribution in [2.45, 2.75) is 65.6 Å². The molecule has 1 atom stereocenters. The summed E-state index contributed by atoms with van der Waals surface area (Å²) in [5.74, 6) is 0.735. The first-order chi connectivity index (χ1) is 14.1. The molecule has 0 spiro atoms. The third-order valence-corrected chi connectivity index (χ3v) is 5.69. The Morgan fingerprint density at radius 1 is 1.07 bits per heavy atom. The standard InChI is InChI=1S/C25H34N2O2/c1-4-23(29-24-16-19(2)12-13-20(24)3)25(28)26-17-21-10-6-7-11-22(21)18-27-14-8-5-9-15-27/h6-7,10-13,16,23H,4-5,8-9,14-15,17-18H2,1-3H3,(H,26,28)/t23-/m0/s1. The molecular weight excluding hydrogens is 360 g/mol. The van der Waals surface area contributed by atoms with Crippen molar-refractivity contribution in [2.24, 2.45) is 0 Å². The van der Waals surface area contributed by atoms with Gasteiger partial charge in [0.1, 0.15) is 5.75 Å². The Kier molecular flexibility index (Phi) is 7.70. The number of hydrogen-bond acceptors (Lipinski definition) is 3. The Balaban J connectivity index is 1.61. The maximum Gasteiger partial charge on any atom is 0.261 e. The van der Waals surface area contributed by atoms with E-state index in [1.54, 1.807) is 0 Å². The van der Waals surface area contributed by atoms with Gasteiger partial charge in [-0.15, -0.1) is 0 Å². The molecule has 0 bridgehead atoms. The number of carbonyl (C=O) groups excluding carboxylic acids is 1. The molecule has 1 aliphatic heterocycles. The molecule has 0 aliphatic carbocycles. The number of nitrogens with zero attached hydrogens (tertiary/aromatic N) is 1. The van der Waals surface area contributed by atoms with Crippen LogP contribution in [0.15, 0.2) is 42.5 Å². The molecule has 1 aliphatic rings. The topological polar surface area (TPSA) is 41.6 Å². The SMILES string of the molecule is CC[C@H](Oc1cc(C)ccc1C)C(=O)NCc1ccccc1CN1CCCCC1. The first kappa shape index (κ1) is 21.4. The fraction of sp³-hybridized carbons (Fsp3) is 0.480. The van der Waals surface area contributed by atoms with Crippen LogP contribution in [-0.4, -0.2) is 30.0 Å². The summed E-state index contributed by atoms with van der Waals surface area (Å²) >= 11 is 0. The molecule has 1 heterocycles. The van der Waals surface area contributed by atoms with E-state index in [-0.39, 0.29) is 5.91 Å². The van der Waals surface area contributed by atoms with Crippen LogP contribution >= 0.6 is 0 Å². The third-order valence-electron chi connectivity index (χ3n) is 5.69. The molecule has 0 aromatic heterocycles. The minimum absolute atomic E-state index is 0.0545. The van der Waals surface area contributed by atoms with Gasteiger partial charge in [0, 0.05) is 13.1 Å². The summed E-state index contributed by atoms with van der Waals surface area (Å²) < 4.78 is 6.06. The van der Waals surface area contributed by atoms with Gasteiger partial charge in [0.25, 0.3) is 5.91 Å². The van der Waals surface area contributed by atoms with Gasteiger partial charge in [-0.3, -0.25) is 9.69 Å². The van der Waals surface area contributed by atoms with Gasteiger partial charge >= 0.3 is 0 Å². The summed E-state index contributed by atoms with van der Waals surface area (Å²) in [6.07, 6.45) is 4.06. The molecule has 3 rings (SSSR count). The van der Waals surface area contributed by atoms with Crippen LogP contribution in [0.1, 0.15) is 54.9 Å². The number of rotatable bonds is 8. The maximum atomic E-state index is 12.8. The fourth-order valence-electron chi connectivity index (χ4n) is 3.85. The molecule has 156 valence electrons. The van der Waals surface area contributed by atoms with Gasteiger partial charge < -0.3 is 10.1 Å². The highest BCUT2D eigenvalue weighted by Crippen LogP contribution is 2.21. The molecule has 1 N–H and O–H groups in total. The zero-order valence-corrected chi connectivity index (χ0v) is 18.0. The highest BCUT2D eigenvalue weighted by molar-refractivity contribution is 5.81. The van der Waals surface area contributed by atoms with Gasteiger partial charge in [0.15, 0.2) is 6.10 Å². The predicted octanol–water partition coefficient (Wildman–Crippen LogP) is 4.76. The number of hydrogen-bond donors (Lipinski definition) is 1. The predicted molar refractivity (Wildman–Crippen MR) is 118 cm³/mol. The number of likely N-dealkylation sites (tertiary alicyclic amines) is 1. The van der Waals surface area contributed by atoms with E-state index in [4.69, 9.17) is 4.74 Å². The molecule has 4 heteroatoms. The Labute approximate surface area is 175 Å². The molecular formula is C25H34N2O2. The smallest absolute Gasteiger partial charge is 0.261 e. The number of aryl methyl sites for hydroxylation is 2. The first-order valence-electron chi connectivity index (χ1n) is 10.9. The fourth-order valence-corrected chi connectivity index (χ4v) is 3.85. The summed E-state index contributed by atoms with van der Waals surface area (Å²) in [6.45, 7) is 9.87. The highest BCUT2D eigenvalue weighted by Gasteiger charge is 2.20. The maximum absolute atomic E-state index is 12.8. The lowest BCUT2D eigenvalue weighted by atomic mass is 10.0. The van der Waals surface area contributed by atoms with Crippen molar-refractivity contribution in [1.29, 1.82) is 0 Å². The van der Waals surface area contributed by atoms with Crippen LogP contribution in [0.2, 0.25) is 0 Å². The second kappa shape index (κ2) is 10.4. The third kappa shape index (κ3) is 6.07. The largest absolute Gasteiger partial charge is 0.480 e. The van der Waals surface area contributed by atoms with Crippen LogP contribution in [0, 0.1) is 13.8 Å². The molecule has 1 amide bonds. The Morgan fingerprint density at radius 3 is 2.52 bits per heavy atom. The van der Waals surface area contributed by atoms with Crippen LogP contribution in [-0.2, 0) is 17.9 Å². The normalized spacial score (nSPS) is 15.7. The van der Waals surface area contributed by atoms with E-state index in [9.17, 15) is 4.79 Å². The van der Waals surface area contributed by atoms with Crippen LogP contribution in [0.25, 0.3) is 0 Å². The zero-order chi connectivity index (χ0) is 20.6. The van der Waals surface area contributed by atoms with Gasteiger partial charge in [-0.1, -0.05) is 49.7 Å². The molecule has 0 unspecified atom stereocenters. The van der Waals surface area contributed by atoms with Crippen molar-refractivity contribution in [2.75, 3.05) is 13.1 Å². The van der Waals surface area contributed by atoms with E-state index in [2.05, 4.69) is 34.5 Å². The van der Waals surface area contributed by atoms with Gasteiger partial charge in [-0.2, -0.15) is 0 Å². The molecule has 29 heavy (non-hydrogen) atoms. The number of piperidine rings is 1. The zero-order valence-electron chi connectivity index (χ0n) is 18.0. The quantitative estimate of drug-likeness (QED) is 0.702. The van der Waals surface area contributed by atoms with Crippen LogP contribution in [0.5, 0.6) is 5.75 Å². The Bertz CT molecular complexity index is 812. The van der Waals surface area contributed by atoms with Crippen LogP contribution in [0.3, 0.4) is 0 Å². The Hall–Kier alpha value is -2.33. The summed E-state index contributed by atoms with van der Waals surface area (Å²) in [5, 5.41) is 3.10. The van der Waals surface area contributed by atoms with Gasteiger partial charge in [-0.05, 0) is 74.5 Å². The highest BCUT2D eigenvalue weighted by atomic mass is 16.5. The van der Waals surface area contributed by atoms with Gasteiger partial charge in [-0.25, -0.2) is 0 Å². The Morgan fingerprint density at radius 2 is 1.79 bits per heavy atom. The van der Waals surface area contributed by atoms with E-state index < -0.39 is 6.10 Å². The molecule has 1 saturated heterocycles. The number of carbonyl (C=O) groups is 1. The first-order valence-corrected chi connectivity index (χ1v) is 10.9. The van der Waals surface area contributed by atoms with Crippen molar-refractivity contribution in [3.63, 3.8) is 0 Å². The second-order valence-electron chi connectivity index (χ2n) is 8.11. The minimum Gasteiger partial charge on any atom is -0.480 e. The second-order valence-corrected chi connectivity index (χ2v) is 8.11. The number of benzene rings is 2. The van der Waals surface area contributed by atoms with E-state index in [1.165, 1.54) is 43.5 Å². The molecule has 0 radical (unpaired) electrons. The van der Waals surface area contributed by atoms with Gasteiger partial charge in [0.05, 0.1) is 0 Å². The van der Waals surface area contributed by atoms with Crippen LogP contribution in [0.4, 0.5) is 0 Å². The van der Waals surface area contributed by atoms with Crippen molar-refractivity contribution in [1.82, 2.24) is 10.2 Å². The molecule has 2 aromatic rings. The number of nitrogens with one attached hydrogen (secondary N) is 1. The molecule has 4 nitrogen and oxygen atoms in total.